The van der Waals surface area contributed by atoms with Crippen LogP contribution in [-0.2, 0) is 13.2 Å². The van der Waals surface area contributed by atoms with Crippen LogP contribution < -0.4 is 16.2 Å². The number of anilines is 1. The number of aromatic nitrogens is 2. The van der Waals surface area contributed by atoms with Crippen molar-refractivity contribution >= 4 is 5.95 Å². The number of hydrogen-bond acceptors (Lipinski definition) is 4. The topological polar surface area (TPSA) is 64.2 Å². The van der Waals surface area contributed by atoms with E-state index in [0.717, 1.165) is 4.57 Å². The monoisotopic (exact) mass is 262 g/mol. The van der Waals surface area contributed by atoms with Gasteiger partial charge in [-0.1, -0.05) is 0 Å². The number of hydrogen-bond donors (Lipinski definition) is 1. The molecule has 1 unspecified atom stereocenters. The van der Waals surface area contributed by atoms with Gasteiger partial charge in [0, 0.05) is 32.2 Å². The molecular formula is C10H13F3N4O. The standard InChI is InChI=1S/C10H13F3N4O/c1-16-8(18)4-7(10(11,12)13)15-9(16)17-3-2-6(14)5-17/h4,6H,2-3,5,14H2,1H3. The van der Waals surface area contributed by atoms with Gasteiger partial charge in [-0.25, -0.2) is 4.98 Å². The van der Waals surface area contributed by atoms with Gasteiger partial charge in [-0.3, -0.25) is 9.36 Å². The molecule has 100 valence electrons. The fourth-order valence-corrected chi connectivity index (χ4v) is 1.92. The molecule has 5 nitrogen and oxygen atoms in total. The molecule has 0 saturated carbocycles. The lowest BCUT2D eigenvalue weighted by Gasteiger charge is -2.20. The van der Waals surface area contributed by atoms with E-state index in [1.807, 2.05) is 0 Å². The van der Waals surface area contributed by atoms with Gasteiger partial charge >= 0.3 is 6.18 Å². The Labute approximate surface area is 101 Å². The third-order valence-electron chi connectivity index (χ3n) is 2.91. The summed E-state index contributed by atoms with van der Waals surface area (Å²) in [6.45, 7) is 0.907. The van der Waals surface area contributed by atoms with Crippen molar-refractivity contribution in [3.8, 4) is 0 Å². The Bertz CT molecular complexity index is 511. The van der Waals surface area contributed by atoms with E-state index in [1.54, 1.807) is 4.90 Å². The lowest BCUT2D eigenvalue weighted by molar-refractivity contribution is -0.141. The quantitative estimate of drug-likeness (QED) is 0.792. The zero-order chi connectivity index (χ0) is 13.5. The summed E-state index contributed by atoms with van der Waals surface area (Å²) in [5.41, 5.74) is 3.80. The van der Waals surface area contributed by atoms with Crippen molar-refractivity contribution in [2.45, 2.75) is 18.6 Å². The van der Waals surface area contributed by atoms with Crippen molar-refractivity contribution in [2.75, 3.05) is 18.0 Å². The molecular weight excluding hydrogens is 249 g/mol. The van der Waals surface area contributed by atoms with Gasteiger partial charge in [0.25, 0.3) is 5.56 Å². The highest BCUT2D eigenvalue weighted by molar-refractivity contribution is 5.34. The molecule has 1 aliphatic rings. The Balaban J connectivity index is 2.47. The molecule has 8 heteroatoms. The molecule has 0 aromatic carbocycles. The van der Waals surface area contributed by atoms with Crippen molar-refractivity contribution in [2.24, 2.45) is 12.8 Å². The van der Waals surface area contributed by atoms with Crippen LogP contribution in [0, 0.1) is 0 Å². The molecule has 0 aliphatic carbocycles. The van der Waals surface area contributed by atoms with Crippen LogP contribution >= 0.6 is 0 Å². The Morgan fingerprint density at radius 2 is 2.17 bits per heavy atom. The van der Waals surface area contributed by atoms with Crippen molar-refractivity contribution < 1.29 is 13.2 Å². The van der Waals surface area contributed by atoms with E-state index in [-0.39, 0.29) is 12.0 Å². The largest absolute Gasteiger partial charge is 0.433 e. The molecule has 1 aromatic rings. The number of halogens is 3. The number of rotatable bonds is 1. The minimum Gasteiger partial charge on any atom is -0.341 e. The number of nitrogens with two attached hydrogens (primary N) is 1. The van der Waals surface area contributed by atoms with Crippen molar-refractivity contribution in [3.05, 3.63) is 22.1 Å². The zero-order valence-corrected chi connectivity index (χ0v) is 9.74. The summed E-state index contributed by atoms with van der Waals surface area (Å²) in [5, 5.41) is 0. The normalized spacial score (nSPS) is 20.5. The second kappa shape index (κ2) is 4.27. The third kappa shape index (κ3) is 2.33. The Hall–Kier alpha value is -1.57. The second-order valence-electron chi connectivity index (χ2n) is 4.33. The summed E-state index contributed by atoms with van der Waals surface area (Å²) in [5.74, 6) is 0.0165. The minimum atomic E-state index is -4.62. The molecule has 0 bridgehead atoms. The predicted molar refractivity (Wildman–Crippen MR) is 59.3 cm³/mol. The van der Waals surface area contributed by atoms with E-state index in [9.17, 15) is 18.0 Å². The van der Waals surface area contributed by atoms with Gasteiger partial charge in [0.15, 0.2) is 5.69 Å². The van der Waals surface area contributed by atoms with Gasteiger partial charge in [0.05, 0.1) is 0 Å². The van der Waals surface area contributed by atoms with Crippen LogP contribution in [0.3, 0.4) is 0 Å². The summed E-state index contributed by atoms with van der Waals surface area (Å²) in [6.07, 6.45) is -3.95. The fourth-order valence-electron chi connectivity index (χ4n) is 1.92. The first-order valence-corrected chi connectivity index (χ1v) is 5.45. The van der Waals surface area contributed by atoms with E-state index in [0.29, 0.717) is 25.6 Å². The second-order valence-corrected chi connectivity index (χ2v) is 4.33. The molecule has 0 radical (unpaired) electrons. The van der Waals surface area contributed by atoms with Crippen molar-refractivity contribution in [1.29, 1.82) is 0 Å². The zero-order valence-electron chi connectivity index (χ0n) is 9.74. The third-order valence-corrected chi connectivity index (χ3v) is 2.91. The van der Waals surface area contributed by atoms with Gasteiger partial charge in [0.1, 0.15) is 0 Å². The SMILES string of the molecule is Cn1c(N2CCC(N)C2)nc(C(F)(F)F)cc1=O. The van der Waals surface area contributed by atoms with E-state index >= 15 is 0 Å². The Morgan fingerprint density at radius 1 is 1.50 bits per heavy atom. The lowest BCUT2D eigenvalue weighted by Crippen LogP contribution is -2.33. The van der Waals surface area contributed by atoms with E-state index in [2.05, 4.69) is 4.98 Å². The minimum absolute atomic E-state index is 0.0165. The molecule has 0 spiro atoms. The van der Waals surface area contributed by atoms with Gasteiger partial charge < -0.3 is 10.6 Å². The lowest BCUT2D eigenvalue weighted by atomic mass is 10.3. The van der Waals surface area contributed by atoms with E-state index in [1.165, 1.54) is 7.05 Å². The maximum Gasteiger partial charge on any atom is 0.433 e. The van der Waals surface area contributed by atoms with Crippen LogP contribution in [0.4, 0.5) is 19.1 Å². The summed E-state index contributed by atoms with van der Waals surface area (Å²) in [7, 11) is 1.40. The first-order chi connectivity index (χ1) is 8.29. The smallest absolute Gasteiger partial charge is 0.341 e. The molecule has 1 saturated heterocycles. The summed E-state index contributed by atoms with van der Waals surface area (Å²) < 4.78 is 38.9. The van der Waals surface area contributed by atoms with E-state index in [4.69, 9.17) is 5.73 Å². The fraction of sp³-hybridized carbons (Fsp3) is 0.600. The molecule has 18 heavy (non-hydrogen) atoms. The van der Waals surface area contributed by atoms with Gasteiger partial charge in [-0.2, -0.15) is 13.2 Å². The molecule has 0 amide bonds. The van der Waals surface area contributed by atoms with Gasteiger partial charge in [-0.15, -0.1) is 0 Å². The summed E-state index contributed by atoms with van der Waals surface area (Å²) in [4.78, 5) is 16.6. The average Bonchev–Trinajstić information content (AvgIpc) is 2.67. The Morgan fingerprint density at radius 3 is 2.67 bits per heavy atom. The number of nitrogens with zero attached hydrogens (tertiary/aromatic N) is 3. The van der Waals surface area contributed by atoms with Gasteiger partial charge in [-0.05, 0) is 6.42 Å². The predicted octanol–water partition coefficient (Wildman–Crippen LogP) is 0.337. The first-order valence-electron chi connectivity index (χ1n) is 5.45. The van der Waals surface area contributed by atoms with Crippen LogP contribution in [0.25, 0.3) is 0 Å². The van der Waals surface area contributed by atoms with Crippen LogP contribution in [0.2, 0.25) is 0 Å². The Kier molecular flexibility index (Phi) is 3.05. The maximum absolute atomic E-state index is 12.6. The van der Waals surface area contributed by atoms with Crippen molar-refractivity contribution in [3.63, 3.8) is 0 Å². The maximum atomic E-state index is 12.6. The van der Waals surface area contributed by atoms with Crippen LogP contribution in [0.1, 0.15) is 12.1 Å². The highest BCUT2D eigenvalue weighted by Gasteiger charge is 2.35. The molecule has 1 aliphatic heterocycles. The van der Waals surface area contributed by atoms with Crippen LogP contribution in [-0.4, -0.2) is 28.7 Å². The van der Waals surface area contributed by atoms with Gasteiger partial charge in [0.2, 0.25) is 5.95 Å². The van der Waals surface area contributed by atoms with E-state index < -0.39 is 17.4 Å². The van der Waals surface area contributed by atoms with Crippen molar-refractivity contribution in [1.82, 2.24) is 9.55 Å². The summed E-state index contributed by atoms with van der Waals surface area (Å²) in [6, 6.07) is 0.399. The average molecular weight is 262 g/mol. The molecule has 2 rings (SSSR count). The molecule has 2 heterocycles. The first kappa shape index (κ1) is 12.9. The molecule has 1 aromatic heterocycles. The molecule has 1 fully saturated rings. The van der Waals surface area contributed by atoms with Crippen LogP contribution in [0.5, 0.6) is 0 Å². The summed E-state index contributed by atoms with van der Waals surface area (Å²) >= 11 is 0. The van der Waals surface area contributed by atoms with Crippen LogP contribution in [0.15, 0.2) is 10.9 Å². The molecule has 1 atom stereocenters. The number of alkyl halides is 3. The molecule has 2 N–H and O–H groups in total. The highest BCUT2D eigenvalue weighted by atomic mass is 19.4. The highest BCUT2D eigenvalue weighted by Crippen LogP contribution is 2.28.